The van der Waals surface area contributed by atoms with Crippen LogP contribution in [0, 0.1) is 22.7 Å². The number of rotatable bonds is 8. The molecule has 9 heteroatoms. The van der Waals surface area contributed by atoms with Crippen LogP contribution in [-0.4, -0.2) is 64.8 Å². The summed E-state index contributed by atoms with van der Waals surface area (Å²) in [4.78, 5) is 4.68. The first kappa shape index (κ1) is 25.6. The predicted molar refractivity (Wildman–Crippen MR) is 134 cm³/mol. The Hall–Kier alpha value is 0.382. The van der Waals surface area contributed by atoms with Gasteiger partial charge in [0.25, 0.3) is 0 Å². The molecule has 158 valence electrons. The van der Waals surface area contributed by atoms with Gasteiger partial charge in [-0.25, -0.2) is 0 Å². The van der Waals surface area contributed by atoms with Crippen molar-refractivity contribution >= 4 is 70.9 Å². The van der Waals surface area contributed by atoms with Gasteiger partial charge in [-0.1, -0.05) is 0 Å². The first-order chi connectivity index (χ1) is 14.2. The van der Waals surface area contributed by atoms with Crippen molar-refractivity contribution < 1.29 is 0 Å². The summed E-state index contributed by atoms with van der Waals surface area (Å²) in [5.74, 6) is 0. The SMILES string of the molecule is N#CCCN(C(=S)[S][Pb][S]C(=S)N(CCC#N)C1CCCCC1)C1CCCCC1. The molecular weight excluding hydrogens is 632 g/mol. The average Bonchev–Trinajstić information content (AvgIpc) is 2.76. The van der Waals surface area contributed by atoms with Crippen LogP contribution in [0.5, 0.6) is 0 Å². The number of thiocarbonyl (C=S) groups is 2. The van der Waals surface area contributed by atoms with E-state index in [4.69, 9.17) is 35.0 Å². The minimum absolute atomic E-state index is 0.520. The summed E-state index contributed by atoms with van der Waals surface area (Å²) in [6.45, 7) is 1.53. The molecule has 0 spiro atoms. The average molecular weight is 662 g/mol. The third kappa shape index (κ3) is 9.18. The number of nitriles is 2. The molecule has 0 aromatic carbocycles. The Kier molecular flexibility index (Phi) is 13.5. The third-order valence-electron chi connectivity index (χ3n) is 5.69. The zero-order valence-electron chi connectivity index (χ0n) is 17.0. The van der Waals surface area contributed by atoms with Crippen molar-refractivity contribution in [2.45, 2.75) is 89.1 Å². The van der Waals surface area contributed by atoms with Crippen molar-refractivity contribution in [3.05, 3.63) is 0 Å². The molecule has 0 unspecified atom stereocenters. The van der Waals surface area contributed by atoms with Crippen LogP contribution in [0.15, 0.2) is 0 Å². The van der Waals surface area contributed by atoms with Gasteiger partial charge in [0.15, 0.2) is 0 Å². The maximum absolute atomic E-state index is 9.04. The normalized spacial score (nSPS) is 17.9. The molecular formula is C20H30N4PbS4. The predicted octanol–water partition coefficient (Wildman–Crippen LogP) is 5.65. The van der Waals surface area contributed by atoms with Crippen LogP contribution in [-0.2, 0) is 0 Å². The van der Waals surface area contributed by atoms with Crippen molar-refractivity contribution in [2.75, 3.05) is 13.1 Å². The van der Waals surface area contributed by atoms with E-state index in [-0.39, 0.29) is 0 Å². The fourth-order valence-electron chi connectivity index (χ4n) is 4.18. The van der Waals surface area contributed by atoms with Crippen molar-refractivity contribution in [3.63, 3.8) is 0 Å². The third-order valence-corrected chi connectivity index (χ3v) is 21.9. The molecule has 4 nitrogen and oxygen atoms in total. The van der Waals surface area contributed by atoms with E-state index in [1.165, 1.54) is 64.2 Å². The molecule has 0 aromatic rings. The molecule has 2 fully saturated rings. The van der Waals surface area contributed by atoms with E-state index in [0.29, 0.717) is 24.9 Å². The Morgan fingerprint density at radius 2 is 1.14 bits per heavy atom. The quantitative estimate of drug-likeness (QED) is 0.244. The minimum atomic E-state index is -1.14. The maximum atomic E-state index is 9.04. The topological polar surface area (TPSA) is 54.1 Å². The van der Waals surface area contributed by atoms with Gasteiger partial charge in [-0.15, -0.1) is 0 Å². The standard InChI is InChI=1S/2C10H16N2S2.Pb/c2*11-7-4-8-12(10(13)14)9-5-2-1-3-6-9;/h2*9H,1-6,8H2,(H,13,14);/q;;+2/p-2. The van der Waals surface area contributed by atoms with E-state index >= 15 is 0 Å². The molecule has 0 saturated heterocycles. The van der Waals surface area contributed by atoms with Crippen molar-refractivity contribution in [3.8, 4) is 12.1 Å². The number of nitrogens with zero attached hydrogens (tertiary/aromatic N) is 4. The second-order valence-corrected chi connectivity index (χ2v) is 21.3. The Balaban J connectivity index is 1.85. The molecule has 0 N–H and O–H groups in total. The van der Waals surface area contributed by atoms with Gasteiger partial charge in [-0.3, -0.25) is 0 Å². The van der Waals surface area contributed by atoms with Crippen molar-refractivity contribution in [1.82, 2.24) is 9.80 Å². The summed E-state index contributed by atoms with van der Waals surface area (Å²) in [7, 11) is 3.74. The zero-order chi connectivity index (χ0) is 20.9. The van der Waals surface area contributed by atoms with E-state index in [0.717, 1.165) is 21.7 Å². The van der Waals surface area contributed by atoms with Crippen LogP contribution >= 0.6 is 41.1 Å². The summed E-state index contributed by atoms with van der Waals surface area (Å²) in [6.07, 6.45) is 13.6. The fraction of sp³-hybridized carbons (Fsp3) is 0.800. The summed E-state index contributed by atoms with van der Waals surface area (Å²) in [6, 6.07) is 5.61. The van der Waals surface area contributed by atoms with Gasteiger partial charge in [0, 0.05) is 0 Å². The first-order valence-corrected chi connectivity index (χ1v) is 22.6. The van der Waals surface area contributed by atoms with Gasteiger partial charge >= 0.3 is 206 Å². The molecule has 2 rings (SSSR count). The second kappa shape index (κ2) is 15.2. The number of hydrogen-bond donors (Lipinski definition) is 0. The Labute approximate surface area is 204 Å². The summed E-state index contributed by atoms with van der Waals surface area (Å²) >= 11 is 10.5. The molecule has 0 bridgehead atoms. The Morgan fingerprint density at radius 3 is 1.48 bits per heavy atom. The Morgan fingerprint density at radius 1 is 0.759 bits per heavy atom. The molecule has 2 saturated carbocycles. The van der Waals surface area contributed by atoms with Gasteiger partial charge in [-0.05, 0) is 0 Å². The second-order valence-electron chi connectivity index (χ2n) is 7.61. The van der Waals surface area contributed by atoms with Crippen LogP contribution < -0.4 is 0 Å². The van der Waals surface area contributed by atoms with Crippen molar-refractivity contribution in [1.29, 1.82) is 10.5 Å². The van der Waals surface area contributed by atoms with Crippen LogP contribution in [0.2, 0.25) is 0 Å². The van der Waals surface area contributed by atoms with Gasteiger partial charge < -0.3 is 0 Å². The molecule has 0 heterocycles. The van der Waals surface area contributed by atoms with Crippen LogP contribution in [0.25, 0.3) is 0 Å². The van der Waals surface area contributed by atoms with Crippen molar-refractivity contribution in [2.24, 2.45) is 0 Å². The van der Waals surface area contributed by atoms with Crippen LogP contribution in [0.4, 0.5) is 0 Å². The van der Waals surface area contributed by atoms with Gasteiger partial charge in [0.05, 0.1) is 0 Å². The van der Waals surface area contributed by atoms with E-state index in [2.05, 4.69) is 21.9 Å². The van der Waals surface area contributed by atoms with Gasteiger partial charge in [-0.2, -0.15) is 0 Å². The van der Waals surface area contributed by atoms with Crippen LogP contribution in [0.3, 0.4) is 0 Å². The van der Waals surface area contributed by atoms with Crippen LogP contribution in [0.1, 0.15) is 77.0 Å². The molecule has 0 atom stereocenters. The van der Waals surface area contributed by atoms with E-state index in [9.17, 15) is 0 Å². The van der Waals surface area contributed by atoms with Gasteiger partial charge in [0.2, 0.25) is 0 Å². The zero-order valence-corrected chi connectivity index (χ0v) is 24.1. The molecule has 2 radical (unpaired) electrons. The first-order valence-electron chi connectivity index (χ1n) is 10.6. The Bertz CT molecular complexity index is 555. The molecule has 0 aromatic heterocycles. The summed E-state index contributed by atoms with van der Waals surface area (Å²) < 4.78 is 1.99. The molecule has 2 aliphatic rings. The number of hydrogen-bond acceptors (Lipinski definition) is 6. The summed E-state index contributed by atoms with van der Waals surface area (Å²) in [5, 5.41) is 18.1. The fourth-order valence-corrected chi connectivity index (χ4v) is 20.7. The van der Waals surface area contributed by atoms with E-state index in [1.807, 2.05) is 16.6 Å². The monoisotopic (exact) mass is 662 g/mol. The molecule has 0 aliphatic heterocycles. The molecule has 29 heavy (non-hydrogen) atoms. The molecule has 2 aliphatic carbocycles. The van der Waals surface area contributed by atoms with E-state index in [1.54, 1.807) is 0 Å². The molecule has 0 amide bonds. The van der Waals surface area contributed by atoms with E-state index < -0.39 is 21.2 Å². The van der Waals surface area contributed by atoms with Gasteiger partial charge in [0.1, 0.15) is 0 Å². The summed E-state index contributed by atoms with van der Waals surface area (Å²) in [5.41, 5.74) is 0.